The van der Waals surface area contributed by atoms with Crippen LogP contribution in [0.5, 0.6) is 0 Å². The minimum atomic E-state index is -0.250. The van der Waals surface area contributed by atoms with Gasteiger partial charge in [-0.1, -0.05) is 13.8 Å². The third-order valence-corrected chi connectivity index (χ3v) is 2.23. The molecule has 0 aromatic heterocycles. The molecule has 0 spiro atoms. The van der Waals surface area contributed by atoms with Crippen molar-refractivity contribution in [1.29, 1.82) is 0 Å². The number of carboxylic acid groups (broad SMARTS) is 1. The summed E-state index contributed by atoms with van der Waals surface area (Å²) >= 11 is 0. The van der Waals surface area contributed by atoms with E-state index in [1.54, 1.807) is 6.29 Å². The van der Waals surface area contributed by atoms with E-state index in [4.69, 9.17) is 19.4 Å². The van der Waals surface area contributed by atoms with Gasteiger partial charge in [-0.2, -0.15) is 0 Å². The zero-order valence-electron chi connectivity index (χ0n) is 13.9. The Hall–Kier alpha value is -0.406. The third-order valence-electron chi connectivity index (χ3n) is 2.23. The second kappa shape index (κ2) is 23.9. The Balaban J connectivity index is -0.000000920. The number of carbonyl (C=O) groups excluding carboxylic acids is 2. The fraction of sp³-hybridized carbons (Fsp3) is 0.786. The van der Waals surface area contributed by atoms with Crippen molar-refractivity contribution >= 4 is 18.7 Å². The topological polar surface area (TPSA) is 114 Å². The molecule has 1 radical (unpaired) electrons. The van der Waals surface area contributed by atoms with Crippen LogP contribution in [0.2, 0.25) is 0 Å². The molecule has 0 saturated heterocycles. The molecule has 0 atom stereocenters. The fourth-order valence-corrected chi connectivity index (χ4v) is 1.32. The van der Waals surface area contributed by atoms with E-state index < -0.39 is 0 Å². The van der Waals surface area contributed by atoms with Crippen molar-refractivity contribution in [3.8, 4) is 0 Å². The second-order valence-corrected chi connectivity index (χ2v) is 4.48. The summed E-state index contributed by atoms with van der Waals surface area (Å²) in [5.41, 5.74) is 0. The molecule has 0 aliphatic heterocycles. The van der Waals surface area contributed by atoms with E-state index in [1.165, 1.54) is 0 Å². The predicted molar refractivity (Wildman–Crippen MR) is 81.4 cm³/mol. The monoisotopic (exact) mass is 408 g/mol. The Morgan fingerprint density at radius 3 is 2.39 bits per heavy atom. The molecule has 9 heteroatoms. The average Bonchev–Trinajstić information content (AvgIpc) is 2.47. The zero-order valence-corrected chi connectivity index (χ0v) is 16.7. The third kappa shape index (κ3) is 30.1. The second-order valence-electron chi connectivity index (χ2n) is 4.48. The van der Waals surface area contributed by atoms with Gasteiger partial charge < -0.3 is 30.0 Å². The first-order chi connectivity index (χ1) is 10.6. The SMILES string of the molecule is CC(C)NCCCC(=O)NCCOCCOC[C-]=O.O=CO.[Y]. The molecule has 3 N–H and O–H groups in total. The molecule has 133 valence electrons. The summed E-state index contributed by atoms with van der Waals surface area (Å²) in [6, 6.07) is 0.454. The maximum atomic E-state index is 11.4. The first kappa shape index (κ1) is 27.4. The van der Waals surface area contributed by atoms with Crippen LogP contribution >= 0.6 is 0 Å². The van der Waals surface area contributed by atoms with E-state index in [0.717, 1.165) is 13.0 Å². The molecule has 0 heterocycles. The first-order valence-corrected chi connectivity index (χ1v) is 7.16. The van der Waals surface area contributed by atoms with Crippen LogP contribution in [0, 0.1) is 0 Å². The maximum absolute atomic E-state index is 11.4. The quantitative estimate of drug-likeness (QED) is 0.218. The van der Waals surface area contributed by atoms with Gasteiger partial charge in [0.15, 0.2) is 0 Å². The number of ether oxygens (including phenoxy) is 2. The summed E-state index contributed by atoms with van der Waals surface area (Å²) in [5.74, 6) is 0.0426. The van der Waals surface area contributed by atoms with Gasteiger partial charge in [-0.3, -0.25) is 9.59 Å². The Morgan fingerprint density at radius 2 is 1.83 bits per heavy atom. The fourth-order valence-electron chi connectivity index (χ4n) is 1.32. The smallest absolute Gasteiger partial charge is 0.290 e. The standard InChI is InChI=1S/C13H25N2O4.CH2O2.Y/c1-12(2)14-5-3-4-13(17)15-6-8-18-10-11-19-9-7-16;2-1-3;/h12,14H,3-6,8-11H2,1-2H3,(H,15,17);1H,(H,2,3);/q-1;;. The van der Waals surface area contributed by atoms with E-state index in [9.17, 15) is 9.59 Å². The van der Waals surface area contributed by atoms with Crippen LogP contribution in [0.1, 0.15) is 26.7 Å². The average molecular weight is 408 g/mol. The van der Waals surface area contributed by atoms with Crippen LogP contribution in [0.3, 0.4) is 0 Å². The summed E-state index contributed by atoms with van der Waals surface area (Å²) in [6.07, 6.45) is 2.99. The minimum Gasteiger partial charge on any atom is -0.540 e. The number of nitrogens with one attached hydrogen (secondary N) is 2. The molecule has 8 nitrogen and oxygen atoms in total. The molecule has 1 amide bonds. The molecule has 0 saturated carbocycles. The van der Waals surface area contributed by atoms with Crippen molar-refractivity contribution in [3.05, 3.63) is 0 Å². The molecule has 0 unspecified atom stereocenters. The van der Waals surface area contributed by atoms with Crippen molar-refractivity contribution < 1.29 is 61.7 Å². The molecular weight excluding hydrogens is 381 g/mol. The van der Waals surface area contributed by atoms with Crippen molar-refractivity contribution in [3.63, 3.8) is 0 Å². The normalized spacial score (nSPS) is 9.35. The van der Waals surface area contributed by atoms with Crippen molar-refractivity contribution in [2.45, 2.75) is 32.7 Å². The molecule has 0 rings (SSSR count). The molecule has 0 aromatic rings. The molecule has 0 fully saturated rings. The van der Waals surface area contributed by atoms with Crippen LogP contribution in [-0.4, -0.2) is 69.3 Å². The molecule has 0 aliphatic carbocycles. The molecule has 0 aromatic carbocycles. The largest absolute Gasteiger partial charge is 0.540 e. The van der Waals surface area contributed by atoms with Crippen molar-refractivity contribution in [1.82, 2.24) is 10.6 Å². The Labute approximate surface area is 162 Å². The van der Waals surface area contributed by atoms with Crippen LogP contribution < -0.4 is 10.6 Å². The van der Waals surface area contributed by atoms with E-state index in [0.29, 0.717) is 38.8 Å². The Bertz CT molecular complexity index is 280. The Morgan fingerprint density at radius 1 is 1.22 bits per heavy atom. The van der Waals surface area contributed by atoms with Gasteiger partial charge in [0, 0.05) is 51.7 Å². The van der Waals surface area contributed by atoms with Crippen LogP contribution in [-0.2, 0) is 56.6 Å². The predicted octanol–water partition coefficient (Wildman–Crippen LogP) is -0.278. The number of rotatable bonds is 13. The van der Waals surface area contributed by atoms with Crippen LogP contribution in [0.15, 0.2) is 0 Å². The summed E-state index contributed by atoms with van der Waals surface area (Å²) in [5, 5.41) is 12.9. The number of carbonyl (C=O) groups is 2. The minimum absolute atomic E-state index is 0. The number of hydrogen-bond acceptors (Lipinski definition) is 6. The summed E-state index contributed by atoms with van der Waals surface area (Å²) < 4.78 is 10.1. The number of hydrogen-bond donors (Lipinski definition) is 3. The van der Waals surface area contributed by atoms with E-state index in [-0.39, 0.29) is 51.7 Å². The van der Waals surface area contributed by atoms with Gasteiger partial charge >= 0.3 is 0 Å². The number of amides is 1. The van der Waals surface area contributed by atoms with Gasteiger partial charge in [0.25, 0.3) is 6.47 Å². The van der Waals surface area contributed by atoms with E-state index >= 15 is 0 Å². The van der Waals surface area contributed by atoms with Crippen LogP contribution in [0.25, 0.3) is 0 Å². The van der Waals surface area contributed by atoms with Gasteiger partial charge in [0.2, 0.25) is 5.91 Å². The van der Waals surface area contributed by atoms with Gasteiger partial charge in [-0.25, -0.2) is 6.29 Å². The maximum Gasteiger partial charge on any atom is 0.290 e. The van der Waals surface area contributed by atoms with E-state index in [2.05, 4.69) is 24.5 Å². The summed E-state index contributed by atoms with van der Waals surface area (Å²) in [6.45, 7) is 6.46. The van der Waals surface area contributed by atoms with Crippen LogP contribution in [0.4, 0.5) is 0 Å². The molecule has 0 aliphatic rings. The van der Waals surface area contributed by atoms with E-state index in [1.807, 2.05) is 0 Å². The van der Waals surface area contributed by atoms with Gasteiger partial charge in [0.1, 0.15) is 0 Å². The molecule has 0 bridgehead atoms. The van der Waals surface area contributed by atoms with Gasteiger partial charge in [-0.05, 0) is 19.6 Å². The van der Waals surface area contributed by atoms with Crippen molar-refractivity contribution in [2.75, 3.05) is 39.5 Å². The molecule has 23 heavy (non-hydrogen) atoms. The first-order valence-electron chi connectivity index (χ1n) is 7.16. The van der Waals surface area contributed by atoms with Crippen molar-refractivity contribution in [2.24, 2.45) is 0 Å². The summed E-state index contributed by atoms with van der Waals surface area (Å²) in [7, 11) is 0. The summed E-state index contributed by atoms with van der Waals surface area (Å²) in [4.78, 5) is 29.6. The molecular formula is C14H27N2O6Y-. The zero-order chi connectivity index (χ0) is 17.1. The van der Waals surface area contributed by atoms with Gasteiger partial charge in [0.05, 0.1) is 19.8 Å². The van der Waals surface area contributed by atoms with Gasteiger partial charge in [-0.15, -0.1) is 0 Å². The Kier molecular flexibility index (Phi) is 28.5.